The van der Waals surface area contributed by atoms with Gasteiger partial charge in [0, 0.05) is 29.1 Å². The third kappa shape index (κ3) is 4.21. The average Bonchev–Trinajstić information content (AvgIpc) is 2.51. The van der Waals surface area contributed by atoms with Crippen molar-refractivity contribution < 1.29 is 4.79 Å². The molecule has 0 spiro atoms. The van der Waals surface area contributed by atoms with E-state index in [2.05, 4.69) is 29.5 Å². The van der Waals surface area contributed by atoms with Gasteiger partial charge in [0.05, 0.1) is 11.3 Å². The van der Waals surface area contributed by atoms with Crippen molar-refractivity contribution in [1.82, 2.24) is 4.98 Å². The normalized spacial score (nSPS) is 11.8. The molecular weight excluding hydrogens is 298 g/mol. The number of carbonyl (C=O) groups excluding carboxylic acids is 1. The quantitative estimate of drug-likeness (QED) is 0.853. The number of hydrogen-bond donors (Lipinski definition) is 2. The van der Waals surface area contributed by atoms with Crippen LogP contribution in [0.3, 0.4) is 0 Å². The van der Waals surface area contributed by atoms with Crippen LogP contribution in [0, 0.1) is 6.92 Å². The van der Waals surface area contributed by atoms with Crippen LogP contribution in [0.2, 0.25) is 5.02 Å². The first kappa shape index (κ1) is 16.3. The Labute approximate surface area is 135 Å². The van der Waals surface area contributed by atoms with Gasteiger partial charge in [-0.25, -0.2) is 0 Å². The van der Waals surface area contributed by atoms with Crippen molar-refractivity contribution in [3.8, 4) is 0 Å². The summed E-state index contributed by atoms with van der Waals surface area (Å²) in [7, 11) is 0. The molecule has 4 nitrogen and oxygen atoms in total. The van der Waals surface area contributed by atoms with Gasteiger partial charge in [0.2, 0.25) is 0 Å². The first-order chi connectivity index (χ1) is 10.5. The fourth-order valence-electron chi connectivity index (χ4n) is 1.95. The van der Waals surface area contributed by atoms with Gasteiger partial charge in [-0.1, -0.05) is 24.6 Å². The number of benzene rings is 1. The van der Waals surface area contributed by atoms with Gasteiger partial charge in [-0.3, -0.25) is 9.78 Å². The lowest BCUT2D eigenvalue weighted by molar-refractivity contribution is 0.102. The van der Waals surface area contributed by atoms with Crippen LogP contribution in [-0.2, 0) is 0 Å². The van der Waals surface area contributed by atoms with Crippen LogP contribution in [0.1, 0.15) is 36.2 Å². The Balaban J connectivity index is 2.15. The molecule has 0 radical (unpaired) electrons. The third-order valence-corrected chi connectivity index (χ3v) is 3.71. The van der Waals surface area contributed by atoms with Gasteiger partial charge < -0.3 is 10.6 Å². The van der Waals surface area contributed by atoms with E-state index in [0.717, 1.165) is 17.7 Å². The summed E-state index contributed by atoms with van der Waals surface area (Å²) in [6.45, 7) is 6.11. The van der Waals surface area contributed by atoms with E-state index in [4.69, 9.17) is 11.6 Å². The van der Waals surface area contributed by atoms with Gasteiger partial charge in [0.1, 0.15) is 0 Å². The van der Waals surface area contributed by atoms with Gasteiger partial charge >= 0.3 is 0 Å². The molecule has 0 aliphatic heterocycles. The van der Waals surface area contributed by atoms with Crippen molar-refractivity contribution in [2.75, 3.05) is 10.6 Å². The highest BCUT2D eigenvalue weighted by atomic mass is 35.5. The minimum atomic E-state index is -0.203. The number of aromatic nitrogens is 1. The number of amides is 1. The molecule has 1 atom stereocenters. The third-order valence-electron chi connectivity index (χ3n) is 3.47. The maximum atomic E-state index is 12.4. The minimum Gasteiger partial charge on any atom is -0.381 e. The van der Waals surface area contributed by atoms with Crippen LogP contribution < -0.4 is 10.6 Å². The lowest BCUT2D eigenvalue weighted by Gasteiger charge is -2.13. The number of nitrogens with one attached hydrogen (secondary N) is 2. The molecule has 0 bridgehead atoms. The summed E-state index contributed by atoms with van der Waals surface area (Å²) < 4.78 is 0. The van der Waals surface area contributed by atoms with Crippen molar-refractivity contribution in [1.29, 1.82) is 0 Å². The molecule has 2 aromatic rings. The van der Waals surface area contributed by atoms with Gasteiger partial charge in [-0.2, -0.15) is 0 Å². The minimum absolute atomic E-state index is 0.203. The Kier molecular flexibility index (Phi) is 5.39. The highest BCUT2D eigenvalue weighted by molar-refractivity contribution is 6.31. The number of anilines is 2. The topological polar surface area (TPSA) is 54.0 Å². The molecule has 0 aliphatic carbocycles. The van der Waals surface area contributed by atoms with Gasteiger partial charge in [-0.15, -0.1) is 0 Å². The second-order valence-corrected chi connectivity index (χ2v) is 5.77. The lowest BCUT2D eigenvalue weighted by Crippen LogP contribution is -2.16. The Morgan fingerprint density at radius 2 is 2.09 bits per heavy atom. The lowest BCUT2D eigenvalue weighted by atomic mass is 10.1. The van der Waals surface area contributed by atoms with Gasteiger partial charge in [0.25, 0.3) is 5.91 Å². The summed E-state index contributed by atoms with van der Waals surface area (Å²) in [6, 6.07) is 7.54. The Morgan fingerprint density at radius 1 is 1.32 bits per heavy atom. The predicted octanol–water partition coefficient (Wildman–Crippen LogP) is 4.51. The first-order valence-corrected chi connectivity index (χ1v) is 7.66. The standard InChI is InChI=1S/C17H20ClN3O/c1-4-12(3)20-15-7-13(9-19-10-15)17(22)21-16-8-14(18)6-5-11(16)2/h5-10,12,20H,4H2,1-3H3,(H,21,22). The molecule has 1 unspecified atom stereocenters. The van der Waals surface area contributed by atoms with Crippen molar-refractivity contribution >= 4 is 28.9 Å². The summed E-state index contributed by atoms with van der Waals surface area (Å²) in [4.78, 5) is 16.5. The van der Waals surface area contributed by atoms with E-state index in [-0.39, 0.29) is 5.91 Å². The van der Waals surface area contributed by atoms with Crippen LogP contribution in [-0.4, -0.2) is 16.9 Å². The molecule has 0 saturated carbocycles. The average molecular weight is 318 g/mol. The van der Waals surface area contributed by atoms with E-state index in [9.17, 15) is 4.79 Å². The van der Waals surface area contributed by atoms with Crippen molar-refractivity contribution in [2.45, 2.75) is 33.2 Å². The van der Waals surface area contributed by atoms with Gasteiger partial charge in [0.15, 0.2) is 0 Å². The predicted molar refractivity (Wildman–Crippen MR) is 91.8 cm³/mol. The number of pyridine rings is 1. The van der Waals surface area contributed by atoms with E-state index in [1.165, 1.54) is 0 Å². The fraction of sp³-hybridized carbons (Fsp3) is 0.294. The van der Waals surface area contributed by atoms with Crippen LogP contribution >= 0.6 is 11.6 Å². The molecule has 1 heterocycles. The molecule has 116 valence electrons. The van der Waals surface area contributed by atoms with Gasteiger partial charge in [-0.05, 0) is 44.0 Å². The molecular formula is C17H20ClN3O. The molecule has 2 rings (SSSR count). The zero-order valence-electron chi connectivity index (χ0n) is 13.0. The number of aryl methyl sites for hydroxylation is 1. The zero-order valence-corrected chi connectivity index (χ0v) is 13.7. The molecule has 0 saturated heterocycles. The summed E-state index contributed by atoms with van der Waals surface area (Å²) in [6.07, 6.45) is 4.27. The number of hydrogen-bond acceptors (Lipinski definition) is 3. The van der Waals surface area contributed by atoms with E-state index in [1.807, 2.05) is 13.0 Å². The molecule has 5 heteroatoms. The number of carbonyl (C=O) groups is 1. The Morgan fingerprint density at radius 3 is 2.82 bits per heavy atom. The summed E-state index contributed by atoms with van der Waals surface area (Å²) in [5.74, 6) is -0.203. The highest BCUT2D eigenvalue weighted by Gasteiger charge is 2.10. The van der Waals surface area contributed by atoms with Crippen LogP contribution in [0.5, 0.6) is 0 Å². The molecule has 2 N–H and O–H groups in total. The SMILES string of the molecule is CCC(C)Nc1cncc(C(=O)Nc2cc(Cl)ccc2C)c1. The van der Waals surface area contributed by atoms with Crippen molar-refractivity contribution in [2.24, 2.45) is 0 Å². The van der Waals surface area contributed by atoms with E-state index in [1.54, 1.807) is 30.6 Å². The summed E-state index contributed by atoms with van der Waals surface area (Å²) in [5, 5.41) is 6.77. The Bertz CT molecular complexity index is 673. The summed E-state index contributed by atoms with van der Waals surface area (Å²) in [5.41, 5.74) is 3.01. The molecule has 1 amide bonds. The maximum absolute atomic E-state index is 12.4. The molecule has 0 aliphatic rings. The molecule has 1 aromatic heterocycles. The van der Waals surface area contributed by atoms with Crippen LogP contribution in [0.25, 0.3) is 0 Å². The molecule has 22 heavy (non-hydrogen) atoms. The Hall–Kier alpha value is -2.07. The van der Waals surface area contributed by atoms with E-state index >= 15 is 0 Å². The molecule has 0 fully saturated rings. The smallest absolute Gasteiger partial charge is 0.257 e. The van der Waals surface area contributed by atoms with Crippen LogP contribution in [0.4, 0.5) is 11.4 Å². The second-order valence-electron chi connectivity index (χ2n) is 5.33. The number of nitrogens with zero attached hydrogens (tertiary/aromatic N) is 1. The van der Waals surface area contributed by atoms with Crippen LogP contribution in [0.15, 0.2) is 36.7 Å². The van der Waals surface area contributed by atoms with E-state index in [0.29, 0.717) is 22.3 Å². The van der Waals surface area contributed by atoms with Crippen molar-refractivity contribution in [3.05, 3.63) is 52.8 Å². The van der Waals surface area contributed by atoms with Crippen molar-refractivity contribution in [3.63, 3.8) is 0 Å². The summed E-state index contributed by atoms with van der Waals surface area (Å²) >= 11 is 5.97. The monoisotopic (exact) mass is 317 g/mol. The van der Waals surface area contributed by atoms with E-state index < -0.39 is 0 Å². The second kappa shape index (κ2) is 7.27. The molecule has 1 aromatic carbocycles. The largest absolute Gasteiger partial charge is 0.381 e. The highest BCUT2D eigenvalue weighted by Crippen LogP contribution is 2.21. The number of halogens is 1. The first-order valence-electron chi connectivity index (χ1n) is 7.28. The maximum Gasteiger partial charge on any atom is 0.257 e. The fourth-order valence-corrected chi connectivity index (χ4v) is 2.13. The number of rotatable bonds is 5. The zero-order chi connectivity index (χ0) is 16.1.